The summed E-state index contributed by atoms with van der Waals surface area (Å²) in [7, 11) is -2.45. The molecule has 7 heteroatoms. The number of halogens is 1. The van der Waals surface area contributed by atoms with Gasteiger partial charge in [0.25, 0.3) is 0 Å². The summed E-state index contributed by atoms with van der Waals surface area (Å²) in [5, 5.41) is 10.4. The molecule has 0 saturated heterocycles. The van der Waals surface area contributed by atoms with Crippen LogP contribution in [0.2, 0.25) is 0 Å². The predicted octanol–water partition coefficient (Wildman–Crippen LogP) is 7.07. The molecule has 34 heavy (non-hydrogen) atoms. The molecule has 0 fully saturated rings. The van der Waals surface area contributed by atoms with E-state index in [2.05, 4.69) is 34.5 Å². The van der Waals surface area contributed by atoms with Crippen LogP contribution in [0.5, 0.6) is 0 Å². The van der Waals surface area contributed by atoms with Gasteiger partial charge >= 0.3 is 0 Å². The summed E-state index contributed by atoms with van der Waals surface area (Å²) in [5.41, 5.74) is 5.30. The van der Waals surface area contributed by atoms with Gasteiger partial charge in [-0.1, -0.05) is 56.3 Å². The van der Waals surface area contributed by atoms with E-state index in [-0.39, 0.29) is 11.7 Å². The fraction of sp³-hybridized carbons (Fsp3) is 0.185. The standard InChI is InChI=1S/C27H25FN4OS/c1-16(2)25-24(17-10-12-19(28)13-11-17)20-14-22-23(15-21(20)27(29-25)32-34(3,4)33)30-31-26(22)18-8-6-5-7-9-18/h5-16H,1-4H3,(H,30,31). The van der Waals surface area contributed by atoms with Crippen molar-refractivity contribution >= 4 is 37.2 Å². The molecular formula is C27H25FN4OS. The number of aromatic amines is 1. The van der Waals surface area contributed by atoms with Gasteiger partial charge in [-0.2, -0.15) is 9.46 Å². The van der Waals surface area contributed by atoms with Crippen LogP contribution >= 0.6 is 0 Å². The Morgan fingerprint density at radius 1 is 0.912 bits per heavy atom. The minimum absolute atomic E-state index is 0.0665. The number of hydrogen-bond donors (Lipinski definition) is 1. The molecule has 2 heterocycles. The monoisotopic (exact) mass is 472 g/mol. The predicted molar refractivity (Wildman–Crippen MR) is 138 cm³/mol. The van der Waals surface area contributed by atoms with Gasteiger partial charge in [-0.15, -0.1) is 0 Å². The summed E-state index contributed by atoms with van der Waals surface area (Å²) in [5.74, 6) is 0.216. The smallest absolute Gasteiger partial charge is 0.169 e. The normalized spacial score (nSPS) is 12.1. The highest BCUT2D eigenvalue weighted by atomic mass is 32.2. The number of pyridine rings is 1. The molecule has 0 aliphatic heterocycles. The van der Waals surface area contributed by atoms with Crippen LogP contribution in [-0.4, -0.2) is 31.9 Å². The second kappa shape index (κ2) is 8.33. The van der Waals surface area contributed by atoms with E-state index >= 15 is 0 Å². The zero-order valence-electron chi connectivity index (χ0n) is 19.5. The third kappa shape index (κ3) is 4.07. The van der Waals surface area contributed by atoms with Crippen molar-refractivity contribution < 1.29 is 8.60 Å². The minimum Gasteiger partial charge on any atom is -0.277 e. The van der Waals surface area contributed by atoms with Gasteiger partial charge in [0.15, 0.2) is 5.82 Å². The van der Waals surface area contributed by atoms with E-state index in [4.69, 9.17) is 4.98 Å². The lowest BCUT2D eigenvalue weighted by molar-refractivity contribution is 0.628. The van der Waals surface area contributed by atoms with Crippen molar-refractivity contribution in [2.24, 2.45) is 4.36 Å². The topological polar surface area (TPSA) is 71.0 Å². The number of benzene rings is 3. The van der Waals surface area contributed by atoms with Crippen molar-refractivity contribution in [1.29, 1.82) is 0 Å². The number of aromatic nitrogens is 3. The maximum Gasteiger partial charge on any atom is 0.169 e. The molecule has 5 nitrogen and oxygen atoms in total. The van der Waals surface area contributed by atoms with Crippen LogP contribution < -0.4 is 0 Å². The molecule has 3 aromatic carbocycles. The molecule has 0 unspecified atom stereocenters. The molecule has 2 aromatic heterocycles. The van der Waals surface area contributed by atoms with Crippen molar-refractivity contribution in [3.63, 3.8) is 0 Å². The number of fused-ring (bicyclic) bond motifs is 2. The van der Waals surface area contributed by atoms with Crippen LogP contribution in [0.1, 0.15) is 25.5 Å². The summed E-state index contributed by atoms with van der Waals surface area (Å²) < 4.78 is 30.9. The Morgan fingerprint density at radius 3 is 2.26 bits per heavy atom. The van der Waals surface area contributed by atoms with Crippen LogP contribution in [-0.2, 0) is 9.73 Å². The summed E-state index contributed by atoms with van der Waals surface area (Å²) in [4.78, 5) is 4.88. The van der Waals surface area contributed by atoms with Crippen molar-refractivity contribution in [2.75, 3.05) is 12.5 Å². The molecule has 172 valence electrons. The SMILES string of the molecule is CC(C)c1nc(N=S(C)(C)=O)c2cc3[nH]nc(-c4ccccc4)c3cc2c1-c1ccc(F)cc1. The Labute approximate surface area is 198 Å². The number of nitrogens with zero attached hydrogens (tertiary/aromatic N) is 3. The third-order valence-corrected chi connectivity index (χ3v) is 6.34. The Balaban J connectivity index is 1.95. The molecule has 1 N–H and O–H groups in total. The van der Waals surface area contributed by atoms with E-state index in [1.807, 2.05) is 36.4 Å². The molecule has 0 spiro atoms. The van der Waals surface area contributed by atoms with E-state index in [0.29, 0.717) is 5.82 Å². The zero-order valence-corrected chi connectivity index (χ0v) is 20.3. The van der Waals surface area contributed by atoms with Gasteiger partial charge in [-0.25, -0.2) is 13.6 Å². The van der Waals surface area contributed by atoms with Gasteiger partial charge in [0.2, 0.25) is 0 Å². The second-order valence-electron chi connectivity index (χ2n) is 9.01. The molecule has 5 rings (SSSR count). The van der Waals surface area contributed by atoms with Crippen molar-refractivity contribution in [3.8, 4) is 22.4 Å². The summed E-state index contributed by atoms with van der Waals surface area (Å²) in [6.45, 7) is 4.12. The van der Waals surface area contributed by atoms with E-state index in [0.717, 1.165) is 49.8 Å². The Morgan fingerprint density at radius 2 is 1.62 bits per heavy atom. The lowest BCUT2D eigenvalue weighted by Gasteiger charge is -2.17. The number of nitrogens with one attached hydrogen (secondary N) is 1. The quantitative estimate of drug-likeness (QED) is 0.304. The molecule has 0 aliphatic rings. The average Bonchev–Trinajstić information content (AvgIpc) is 3.21. The largest absolute Gasteiger partial charge is 0.277 e. The summed E-state index contributed by atoms with van der Waals surface area (Å²) in [6.07, 6.45) is 3.21. The van der Waals surface area contributed by atoms with Gasteiger partial charge in [-0.05, 0) is 41.1 Å². The number of hydrogen-bond acceptors (Lipinski definition) is 4. The van der Waals surface area contributed by atoms with E-state index in [9.17, 15) is 8.60 Å². The van der Waals surface area contributed by atoms with Crippen LogP contribution in [0.25, 0.3) is 44.1 Å². The second-order valence-corrected chi connectivity index (χ2v) is 11.6. The van der Waals surface area contributed by atoms with Crippen LogP contribution in [0.4, 0.5) is 10.2 Å². The first-order chi connectivity index (χ1) is 16.2. The molecule has 5 aromatic rings. The molecule has 0 saturated carbocycles. The summed E-state index contributed by atoms with van der Waals surface area (Å²) >= 11 is 0. The number of H-pyrrole nitrogens is 1. The van der Waals surface area contributed by atoms with Crippen molar-refractivity contribution in [2.45, 2.75) is 19.8 Å². The maximum atomic E-state index is 13.8. The first kappa shape index (κ1) is 22.2. The lowest BCUT2D eigenvalue weighted by atomic mass is 9.91. The highest BCUT2D eigenvalue weighted by Gasteiger charge is 2.20. The molecule has 0 bridgehead atoms. The molecule has 0 aliphatic carbocycles. The van der Waals surface area contributed by atoms with Gasteiger partial charge in [0, 0.05) is 44.1 Å². The number of rotatable bonds is 4. The van der Waals surface area contributed by atoms with E-state index < -0.39 is 9.73 Å². The van der Waals surface area contributed by atoms with Crippen LogP contribution in [0, 0.1) is 5.82 Å². The van der Waals surface area contributed by atoms with Crippen molar-refractivity contribution in [1.82, 2.24) is 15.2 Å². The molecule has 0 atom stereocenters. The van der Waals surface area contributed by atoms with Gasteiger partial charge in [0.1, 0.15) is 5.82 Å². The maximum absolute atomic E-state index is 13.8. The molecular weight excluding hydrogens is 447 g/mol. The van der Waals surface area contributed by atoms with E-state index in [1.165, 1.54) is 12.1 Å². The Bertz CT molecular complexity index is 1640. The highest BCUT2D eigenvalue weighted by Crippen LogP contribution is 2.41. The highest BCUT2D eigenvalue weighted by molar-refractivity contribution is 7.92. The van der Waals surface area contributed by atoms with Crippen molar-refractivity contribution in [3.05, 3.63) is 78.2 Å². The summed E-state index contributed by atoms with van der Waals surface area (Å²) in [6, 6.07) is 20.5. The third-order valence-electron chi connectivity index (χ3n) is 5.73. The van der Waals surface area contributed by atoms with Crippen LogP contribution in [0.3, 0.4) is 0 Å². The molecule has 0 amide bonds. The minimum atomic E-state index is -2.45. The Hall–Kier alpha value is -3.58. The lowest BCUT2D eigenvalue weighted by Crippen LogP contribution is -2.00. The van der Waals surface area contributed by atoms with Gasteiger partial charge < -0.3 is 0 Å². The average molecular weight is 473 g/mol. The fourth-order valence-corrected chi connectivity index (χ4v) is 4.81. The van der Waals surface area contributed by atoms with Gasteiger partial charge in [0.05, 0.1) is 16.9 Å². The zero-order chi connectivity index (χ0) is 24.0. The fourth-order valence-electron chi connectivity index (χ4n) is 4.26. The molecule has 0 radical (unpaired) electrons. The van der Waals surface area contributed by atoms with Gasteiger partial charge in [-0.3, -0.25) is 5.10 Å². The first-order valence-corrected chi connectivity index (χ1v) is 13.4. The van der Waals surface area contributed by atoms with E-state index in [1.54, 1.807) is 24.6 Å². The first-order valence-electron chi connectivity index (χ1n) is 11.1. The Kier molecular flexibility index (Phi) is 5.44. The van der Waals surface area contributed by atoms with Crippen LogP contribution in [0.15, 0.2) is 71.1 Å².